The summed E-state index contributed by atoms with van der Waals surface area (Å²) in [6, 6.07) is 9.92. The summed E-state index contributed by atoms with van der Waals surface area (Å²) in [6.07, 6.45) is 6.57. The molecule has 1 saturated heterocycles. The molecule has 8 heteroatoms. The van der Waals surface area contributed by atoms with Crippen molar-refractivity contribution < 1.29 is 4.79 Å². The van der Waals surface area contributed by atoms with Gasteiger partial charge in [-0.15, -0.1) is 5.10 Å². The number of carbonyl (C=O) groups excluding carboxylic acids is 1. The standard InChI is InChI=1S/C20H21N7O/c1-2-19(28)27-10-4-6-16(13-27)24-20-25-18(12-22-26-20)23-15-7-8-17-14(11-15)5-3-9-21-17/h2-3,5,7-9,11-12,16H,1,4,6,10,13H2,(H2,23,24,25,26). The van der Waals surface area contributed by atoms with E-state index in [9.17, 15) is 4.79 Å². The van der Waals surface area contributed by atoms with E-state index in [0.717, 1.165) is 36.0 Å². The summed E-state index contributed by atoms with van der Waals surface area (Å²) in [7, 11) is 0. The van der Waals surface area contributed by atoms with Crippen LogP contribution in [0.1, 0.15) is 12.8 Å². The molecule has 8 nitrogen and oxygen atoms in total. The normalized spacial score (nSPS) is 16.6. The number of nitrogens with one attached hydrogen (secondary N) is 2. The zero-order valence-corrected chi connectivity index (χ0v) is 15.4. The molecule has 0 aliphatic carbocycles. The van der Waals surface area contributed by atoms with Crippen molar-refractivity contribution in [3.05, 3.63) is 55.4 Å². The molecular formula is C20H21N7O. The summed E-state index contributed by atoms with van der Waals surface area (Å²) in [5.41, 5.74) is 1.83. The third-order valence-corrected chi connectivity index (χ3v) is 4.68. The maximum absolute atomic E-state index is 11.8. The monoisotopic (exact) mass is 375 g/mol. The summed E-state index contributed by atoms with van der Waals surface area (Å²) in [5.74, 6) is 0.979. The smallest absolute Gasteiger partial charge is 0.246 e. The molecule has 1 aliphatic heterocycles. The molecule has 1 unspecified atom stereocenters. The van der Waals surface area contributed by atoms with Gasteiger partial charge in [-0.3, -0.25) is 9.78 Å². The van der Waals surface area contributed by atoms with Gasteiger partial charge in [0.1, 0.15) is 0 Å². The van der Waals surface area contributed by atoms with Crippen molar-refractivity contribution in [2.24, 2.45) is 0 Å². The molecule has 3 aromatic rings. The average Bonchev–Trinajstić information content (AvgIpc) is 2.73. The molecule has 1 aliphatic rings. The van der Waals surface area contributed by atoms with Crippen molar-refractivity contribution in [1.29, 1.82) is 0 Å². The Balaban J connectivity index is 1.45. The van der Waals surface area contributed by atoms with Gasteiger partial charge in [0.2, 0.25) is 11.9 Å². The van der Waals surface area contributed by atoms with E-state index in [1.807, 2.05) is 30.3 Å². The van der Waals surface area contributed by atoms with Gasteiger partial charge in [-0.25, -0.2) is 0 Å². The number of anilines is 3. The molecule has 1 amide bonds. The first-order chi connectivity index (χ1) is 13.7. The molecule has 4 rings (SSSR count). The Labute approximate surface area is 162 Å². The summed E-state index contributed by atoms with van der Waals surface area (Å²) < 4.78 is 0. The van der Waals surface area contributed by atoms with Crippen LogP contribution in [0.15, 0.2) is 55.4 Å². The van der Waals surface area contributed by atoms with Crippen molar-refractivity contribution in [3.8, 4) is 0 Å². The summed E-state index contributed by atoms with van der Waals surface area (Å²) in [5, 5.41) is 15.7. The Hall–Kier alpha value is -3.55. The molecular weight excluding hydrogens is 354 g/mol. The molecule has 28 heavy (non-hydrogen) atoms. The van der Waals surface area contributed by atoms with Crippen LogP contribution in [0.2, 0.25) is 0 Å². The number of likely N-dealkylation sites (tertiary alicyclic amines) is 1. The van der Waals surface area contributed by atoms with Crippen LogP contribution in [0, 0.1) is 0 Å². The van der Waals surface area contributed by atoms with Crippen molar-refractivity contribution in [2.75, 3.05) is 23.7 Å². The van der Waals surface area contributed by atoms with Gasteiger partial charge in [-0.1, -0.05) is 12.6 Å². The minimum atomic E-state index is -0.0493. The highest BCUT2D eigenvalue weighted by molar-refractivity contribution is 5.87. The molecule has 2 N–H and O–H groups in total. The van der Waals surface area contributed by atoms with E-state index in [4.69, 9.17) is 0 Å². The van der Waals surface area contributed by atoms with Gasteiger partial charge in [0.25, 0.3) is 0 Å². The molecule has 0 saturated carbocycles. The molecule has 0 spiro atoms. The first-order valence-corrected chi connectivity index (χ1v) is 9.21. The largest absolute Gasteiger partial charge is 0.348 e. The molecule has 1 atom stereocenters. The number of fused-ring (bicyclic) bond motifs is 1. The topological polar surface area (TPSA) is 95.9 Å². The van der Waals surface area contributed by atoms with E-state index in [0.29, 0.717) is 18.3 Å². The maximum atomic E-state index is 11.8. The summed E-state index contributed by atoms with van der Waals surface area (Å²) >= 11 is 0. The first kappa shape index (κ1) is 17.8. The fourth-order valence-corrected chi connectivity index (χ4v) is 3.33. The van der Waals surface area contributed by atoms with Gasteiger partial charge in [-0.05, 0) is 43.2 Å². The van der Waals surface area contributed by atoms with Crippen LogP contribution in [0.25, 0.3) is 10.9 Å². The van der Waals surface area contributed by atoms with Crippen LogP contribution in [-0.2, 0) is 4.79 Å². The van der Waals surface area contributed by atoms with Crippen LogP contribution in [0.4, 0.5) is 17.5 Å². The molecule has 0 radical (unpaired) electrons. The van der Waals surface area contributed by atoms with E-state index >= 15 is 0 Å². The highest BCUT2D eigenvalue weighted by atomic mass is 16.2. The predicted octanol–water partition coefficient (Wildman–Crippen LogP) is 2.75. The number of aromatic nitrogens is 4. The molecule has 0 bridgehead atoms. The number of nitrogens with zero attached hydrogens (tertiary/aromatic N) is 5. The van der Waals surface area contributed by atoms with Crippen molar-refractivity contribution in [3.63, 3.8) is 0 Å². The lowest BCUT2D eigenvalue weighted by molar-refractivity contribution is -0.127. The highest BCUT2D eigenvalue weighted by Gasteiger charge is 2.22. The van der Waals surface area contributed by atoms with E-state index in [-0.39, 0.29) is 11.9 Å². The number of benzene rings is 1. The van der Waals surface area contributed by atoms with Crippen LogP contribution in [-0.4, -0.2) is 50.1 Å². The highest BCUT2D eigenvalue weighted by Crippen LogP contribution is 2.20. The fraction of sp³-hybridized carbons (Fsp3) is 0.250. The minimum absolute atomic E-state index is 0.0493. The SMILES string of the molecule is C=CC(=O)N1CCCC(Nc2nncc(Nc3ccc4ncccc4c3)n2)C1. The quantitative estimate of drug-likeness (QED) is 0.662. The first-order valence-electron chi connectivity index (χ1n) is 9.21. The van der Waals surface area contributed by atoms with Crippen LogP contribution >= 0.6 is 0 Å². The molecule has 1 fully saturated rings. The molecule has 142 valence electrons. The Bertz CT molecular complexity index is 1010. The second-order valence-corrected chi connectivity index (χ2v) is 6.67. The summed E-state index contributed by atoms with van der Waals surface area (Å²) in [6.45, 7) is 4.91. The maximum Gasteiger partial charge on any atom is 0.246 e. The summed E-state index contributed by atoms with van der Waals surface area (Å²) in [4.78, 5) is 22.4. The van der Waals surface area contributed by atoms with Crippen LogP contribution in [0.3, 0.4) is 0 Å². The third-order valence-electron chi connectivity index (χ3n) is 4.68. The zero-order valence-electron chi connectivity index (χ0n) is 15.4. The lowest BCUT2D eigenvalue weighted by Gasteiger charge is -2.32. The predicted molar refractivity (Wildman–Crippen MR) is 108 cm³/mol. The van der Waals surface area contributed by atoms with Gasteiger partial charge in [0.05, 0.1) is 11.7 Å². The number of hydrogen-bond donors (Lipinski definition) is 2. The molecule has 2 aromatic heterocycles. The lowest BCUT2D eigenvalue weighted by atomic mass is 10.1. The second-order valence-electron chi connectivity index (χ2n) is 6.67. The lowest BCUT2D eigenvalue weighted by Crippen LogP contribution is -2.44. The number of pyridine rings is 1. The Kier molecular flexibility index (Phi) is 5.09. The van der Waals surface area contributed by atoms with Gasteiger partial charge in [0.15, 0.2) is 5.82 Å². The van der Waals surface area contributed by atoms with E-state index in [1.165, 1.54) is 6.08 Å². The Morgan fingerprint density at radius 1 is 1.32 bits per heavy atom. The van der Waals surface area contributed by atoms with Gasteiger partial charge < -0.3 is 15.5 Å². The number of hydrogen-bond acceptors (Lipinski definition) is 7. The number of carbonyl (C=O) groups is 1. The van der Waals surface area contributed by atoms with Crippen LogP contribution in [0.5, 0.6) is 0 Å². The van der Waals surface area contributed by atoms with Gasteiger partial charge in [0, 0.05) is 36.4 Å². The van der Waals surface area contributed by atoms with E-state index < -0.39 is 0 Å². The average molecular weight is 375 g/mol. The Morgan fingerprint density at radius 3 is 3.14 bits per heavy atom. The number of piperidine rings is 1. The van der Waals surface area contributed by atoms with Crippen molar-refractivity contribution in [1.82, 2.24) is 25.1 Å². The van der Waals surface area contributed by atoms with Crippen LogP contribution < -0.4 is 10.6 Å². The number of amides is 1. The minimum Gasteiger partial charge on any atom is -0.348 e. The van der Waals surface area contributed by atoms with Crippen molar-refractivity contribution >= 4 is 34.3 Å². The van der Waals surface area contributed by atoms with E-state index in [2.05, 4.69) is 37.4 Å². The third kappa shape index (κ3) is 4.06. The Morgan fingerprint density at radius 2 is 2.25 bits per heavy atom. The van der Waals surface area contributed by atoms with Gasteiger partial charge in [-0.2, -0.15) is 10.1 Å². The van der Waals surface area contributed by atoms with E-state index in [1.54, 1.807) is 17.3 Å². The van der Waals surface area contributed by atoms with Crippen molar-refractivity contribution in [2.45, 2.75) is 18.9 Å². The number of rotatable bonds is 5. The fourth-order valence-electron chi connectivity index (χ4n) is 3.33. The molecule has 3 heterocycles. The zero-order chi connectivity index (χ0) is 19.3. The second kappa shape index (κ2) is 7.99. The van der Waals surface area contributed by atoms with Gasteiger partial charge >= 0.3 is 0 Å². The molecule has 1 aromatic carbocycles.